The van der Waals surface area contributed by atoms with E-state index in [0.717, 1.165) is 6.54 Å². The molecule has 1 aliphatic rings. The second-order valence-electron chi connectivity index (χ2n) is 6.68. The van der Waals surface area contributed by atoms with Crippen LogP contribution in [0.5, 0.6) is 0 Å². The van der Waals surface area contributed by atoms with Crippen LogP contribution in [0.1, 0.15) is 45.1 Å². The Hall–Kier alpha value is -1.28. The minimum absolute atomic E-state index is 0.554. The smallest absolute Gasteiger partial charge is 0.0457 e. The number of fused-ring (bicyclic) bond motifs is 1. The standard InChI is InChI=1S/C17H24N2/c1-17(2)9-6-14(7-10-17)19-12-13-4-3-5-16-15(13)8-11-18-16/h3-5,8,11,14,18-19H,6-7,9-10,12H2,1-2H3. The second kappa shape index (κ2) is 5.01. The molecule has 2 nitrogen and oxygen atoms in total. The molecule has 0 aliphatic heterocycles. The molecule has 0 unspecified atom stereocenters. The average Bonchev–Trinajstić information content (AvgIpc) is 2.86. The van der Waals surface area contributed by atoms with Crippen molar-refractivity contribution in [3.05, 3.63) is 36.0 Å². The Morgan fingerprint density at radius 1 is 1.21 bits per heavy atom. The lowest BCUT2D eigenvalue weighted by atomic mass is 9.75. The average molecular weight is 256 g/mol. The van der Waals surface area contributed by atoms with Crippen molar-refractivity contribution in [2.75, 3.05) is 0 Å². The molecule has 1 saturated carbocycles. The molecule has 102 valence electrons. The summed E-state index contributed by atoms with van der Waals surface area (Å²) in [6.07, 6.45) is 7.35. The van der Waals surface area contributed by atoms with Gasteiger partial charge in [0.1, 0.15) is 0 Å². The highest BCUT2D eigenvalue weighted by molar-refractivity contribution is 5.82. The molecule has 0 atom stereocenters. The molecule has 0 amide bonds. The van der Waals surface area contributed by atoms with Gasteiger partial charge < -0.3 is 10.3 Å². The van der Waals surface area contributed by atoms with Crippen LogP contribution in [0, 0.1) is 5.41 Å². The predicted octanol–water partition coefficient (Wildman–Crippen LogP) is 4.23. The molecule has 0 bridgehead atoms. The summed E-state index contributed by atoms with van der Waals surface area (Å²) in [6, 6.07) is 9.39. The molecule has 1 aromatic heterocycles. The van der Waals surface area contributed by atoms with Crippen molar-refractivity contribution in [2.45, 2.75) is 52.1 Å². The Bertz CT molecular complexity index is 543. The minimum atomic E-state index is 0.554. The van der Waals surface area contributed by atoms with E-state index >= 15 is 0 Å². The Labute approximate surface area is 115 Å². The zero-order valence-electron chi connectivity index (χ0n) is 12.0. The molecule has 2 heteroatoms. The molecule has 3 rings (SSSR count). The Morgan fingerprint density at radius 2 is 2.00 bits per heavy atom. The SMILES string of the molecule is CC1(C)CCC(NCc2cccc3[nH]ccc23)CC1. The van der Waals surface area contributed by atoms with Crippen molar-refractivity contribution >= 4 is 10.9 Å². The van der Waals surface area contributed by atoms with Crippen LogP contribution in [-0.2, 0) is 6.54 Å². The monoisotopic (exact) mass is 256 g/mol. The molecular formula is C17H24N2. The lowest BCUT2D eigenvalue weighted by molar-refractivity contribution is 0.206. The zero-order valence-corrected chi connectivity index (χ0v) is 12.0. The van der Waals surface area contributed by atoms with Gasteiger partial charge in [0.05, 0.1) is 0 Å². The fraction of sp³-hybridized carbons (Fsp3) is 0.529. The van der Waals surface area contributed by atoms with Gasteiger partial charge in [-0.3, -0.25) is 0 Å². The zero-order chi connectivity index (χ0) is 13.3. The summed E-state index contributed by atoms with van der Waals surface area (Å²) < 4.78 is 0. The first-order valence-electron chi connectivity index (χ1n) is 7.42. The maximum atomic E-state index is 3.74. The van der Waals surface area contributed by atoms with Crippen LogP contribution in [-0.4, -0.2) is 11.0 Å². The van der Waals surface area contributed by atoms with Crippen LogP contribution in [0.2, 0.25) is 0 Å². The molecule has 1 heterocycles. The topological polar surface area (TPSA) is 27.8 Å². The first kappa shape index (κ1) is 12.7. The highest BCUT2D eigenvalue weighted by Gasteiger charge is 2.26. The second-order valence-corrected chi connectivity index (χ2v) is 6.68. The van der Waals surface area contributed by atoms with Crippen molar-refractivity contribution < 1.29 is 0 Å². The molecule has 0 saturated heterocycles. The van der Waals surface area contributed by atoms with E-state index < -0.39 is 0 Å². The largest absolute Gasteiger partial charge is 0.361 e. The minimum Gasteiger partial charge on any atom is -0.361 e. The van der Waals surface area contributed by atoms with E-state index in [1.807, 2.05) is 6.20 Å². The molecule has 0 spiro atoms. The number of aromatic amines is 1. The van der Waals surface area contributed by atoms with E-state index in [1.54, 1.807) is 0 Å². The fourth-order valence-electron chi connectivity index (χ4n) is 3.16. The molecule has 2 aromatic rings. The fourth-order valence-corrected chi connectivity index (χ4v) is 3.16. The molecule has 1 fully saturated rings. The summed E-state index contributed by atoms with van der Waals surface area (Å²) in [6.45, 7) is 5.77. The van der Waals surface area contributed by atoms with E-state index in [9.17, 15) is 0 Å². The van der Waals surface area contributed by atoms with Crippen LogP contribution in [0.15, 0.2) is 30.5 Å². The van der Waals surface area contributed by atoms with Crippen LogP contribution >= 0.6 is 0 Å². The van der Waals surface area contributed by atoms with Gasteiger partial charge in [0.25, 0.3) is 0 Å². The maximum absolute atomic E-state index is 3.74. The molecule has 2 N–H and O–H groups in total. The van der Waals surface area contributed by atoms with Gasteiger partial charge >= 0.3 is 0 Å². The molecular weight excluding hydrogens is 232 g/mol. The Kier molecular flexibility index (Phi) is 3.36. The third-order valence-electron chi connectivity index (χ3n) is 4.61. The van der Waals surface area contributed by atoms with Crippen LogP contribution in [0.3, 0.4) is 0 Å². The summed E-state index contributed by atoms with van der Waals surface area (Å²) in [4.78, 5) is 3.28. The normalized spacial score (nSPS) is 19.9. The van der Waals surface area contributed by atoms with E-state index in [4.69, 9.17) is 0 Å². The molecule has 0 radical (unpaired) electrons. The number of rotatable bonds is 3. The number of benzene rings is 1. The highest BCUT2D eigenvalue weighted by Crippen LogP contribution is 2.35. The maximum Gasteiger partial charge on any atom is 0.0457 e. The highest BCUT2D eigenvalue weighted by atomic mass is 14.9. The van der Waals surface area contributed by atoms with Crippen LogP contribution in [0.4, 0.5) is 0 Å². The van der Waals surface area contributed by atoms with Gasteiger partial charge in [0.15, 0.2) is 0 Å². The number of hydrogen-bond acceptors (Lipinski definition) is 1. The van der Waals surface area contributed by atoms with Gasteiger partial charge in [0.2, 0.25) is 0 Å². The Morgan fingerprint density at radius 3 is 2.79 bits per heavy atom. The predicted molar refractivity (Wildman–Crippen MR) is 81.2 cm³/mol. The number of H-pyrrole nitrogens is 1. The van der Waals surface area contributed by atoms with Gasteiger partial charge in [-0.05, 0) is 48.8 Å². The van der Waals surface area contributed by atoms with Gasteiger partial charge in [-0.15, -0.1) is 0 Å². The van der Waals surface area contributed by atoms with Crippen LogP contribution < -0.4 is 5.32 Å². The third kappa shape index (κ3) is 2.84. The van der Waals surface area contributed by atoms with E-state index in [0.29, 0.717) is 11.5 Å². The van der Waals surface area contributed by atoms with Crippen molar-refractivity contribution in [3.63, 3.8) is 0 Å². The number of hydrogen-bond donors (Lipinski definition) is 2. The summed E-state index contributed by atoms with van der Waals surface area (Å²) >= 11 is 0. The van der Waals surface area contributed by atoms with Gasteiger partial charge in [0, 0.05) is 29.7 Å². The first-order valence-corrected chi connectivity index (χ1v) is 7.42. The number of nitrogens with one attached hydrogen (secondary N) is 2. The number of aromatic nitrogens is 1. The van der Waals surface area contributed by atoms with Gasteiger partial charge in [-0.2, -0.15) is 0 Å². The summed E-state index contributed by atoms with van der Waals surface area (Å²) in [5, 5.41) is 5.10. The van der Waals surface area contributed by atoms with Crippen LogP contribution in [0.25, 0.3) is 10.9 Å². The van der Waals surface area contributed by atoms with E-state index in [1.165, 1.54) is 42.1 Å². The molecule has 1 aromatic carbocycles. The van der Waals surface area contributed by atoms with Gasteiger partial charge in [-0.25, -0.2) is 0 Å². The van der Waals surface area contributed by atoms with Crippen molar-refractivity contribution in [1.82, 2.24) is 10.3 Å². The molecule has 1 aliphatic carbocycles. The Balaban J connectivity index is 1.62. The molecule has 19 heavy (non-hydrogen) atoms. The van der Waals surface area contributed by atoms with Crippen molar-refractivity contribution in [3.8, 4) is 0 Å². The third-order valence-corrected chi connectivity index (χ3v) is 4.61. The lowest BCUT2D eigenvalue weighted by Gasteiger charge is -2.34. The summed E-state index contributed by atoms with van der Waals surface area (Å²) in [7, 11) is 0. The lowest BCUT2D eigenvalue weighted by Crippen LogP contribution is -2.35. The van der Waals surface area contributed by atoms with E-state index in [-0.39, 0.29) is 0 Å². The summed E-state index contributed by atoms with van der Waals surface area (Å²) in [5.74, 6) is 0. The van der Waals surface area contributed by atoms with Crippen molar-refractivity contribution in [2.24, 2.45) is 5.41 Å². The van der Waals surface area contributed by atoms with E-state index in [2.05, 4.69) is 48.4 Å². The first-order chi connectivity index (χ1) is 9.14. The van der Waals surface area contributed by atoms with Gasteiger partial charge in [-0.1, -0.05) is 26.0 Å². The summed E-state index contributed by atoms with van der Waals surface area (Å²) in [5.41, 5.74) is 3.20. The quantitative estimate of drug-likeness (QED) is 0.845. The van der Waals surface area contributed by atoms with Crippen molar-refractivity contribution in [1.29, 1.82) is 0 Å².